The lowest BCUT2D eigenvalue weighted by atomic mass is 10.2. The van der Waals surface area contributed by atoms with Gasteiger partial charge in [-0.05, 0) is 37.6 Å². The summed E-state index contributed by atoms with van der Waals surface area (Å²) in [4.78, 5) is 14.7. The number of hydrogen-bond acceptors (Lipinski definition) is 5. The monoisotopic (exact) mass is 419 g/mol. The van der Waals surface area contributed by atoms with Crippen molar-refractivity contribution in [2.75, 3.05) is 42.7 Å². The first-order chi connectivity index (χ1) is 13.7. The number of nitrogens with zero attached hydrogens (tertiary/aromatic N) is 2. The maximum atomic E-state index is 12.6. The third kappa shape index (κ3) is 6.39. The van der Waals surface area contributed by atoms with Gasteiger partial charge in [0.1, 0.15) is 11.8 Å². The summed E-state index contributed by atoms with van der Waals surface area (Å²) >= 11 is 0. The lowest BCUT2D eigenvalue weighted by molar-refractivity contribution is -0.121. The third-order valence-corrected chi connectivity index (χ3v) is 5.80. The molecule has 1 N–H and O–H groups in total. The number of sulfonamides is 1. The molecule has 0 bridgehead atoms. The Labute approximate surface area is 173 Å². The number of anilines is 2. The highest BCUT2D eigenvalue weighted by molar-refractivity contribution is 7.92. The Balaban J connectivity index is 1.97. The Morgan fingerprint density at radius 1 is 1.10 bits per heavy atom. The first kappa shape index (κ1) is 22.5. The first-order valence-corrected chi connectivity index (χ1v) is 11.3. The van der Waals surface area contributed by atoms with Gasteiger partial charge in [0.05, 0.1) is 19.1 Å². The second-order valence-electron chi connectivity index (χ2n) is 6.84. The maximum Gasteiger partial charge on any atom is 0.243 e. The molecule has 0 fully saturated rings. The number of ether oxygens (including phenoxy) is 1. The van der Waals surface area contributed by atoms with Gasteiger partial charge in [0.2, 0.25) is 15.9 Å². The van der Waals surface area contributed by atoms with Crippen molar-refractivity contribution in [2.24, 2.45) is 0 Å². The van der Waals surface area contributed by atoms with Crippen molar-refractivity contribution in [1.82, 2.24) is 5.32 Å². The molecule has 0 saturated heterocycles. The zero-order valence-corrected chi connectivity index (χ0v) is 18.1. The predicted molar refractivity (Wildman–Crippen MR) is 117 cm³/mol. The van der Waals surface area contributed by atoms with E-state index in [0.29, 0.717) is 18.0 Å². The fourth-order valence-corrected chi connectivity index (χ4v) is 4.21. The van der Waals surface area contributed by atoms with Crippen LogP contribution in [0.2, 0.25) is 0 Å². The number of benzene rings is 2. The van der Waals surface area contributed by atoms with Crippen LogP contribution in [0.25, 0.3) is 0 Å². The lowest BCUT2D eigenvalue weighted by Crippen LogP contribution is -2.48. The molecule has 1 amide bonds. The summed E-state index contributed by atoms with van der Waals surface area (Å²) in [7, 11) is -0.158. The van der Waals surface area contributed by atoms with Crippen LogP contribution in [0.4, 0.5) is 11.4 Å². The van der Waals surface area contributed by atoms with E-state index in [-0.39, 0.29) is 5.91 Å². The van der Waals surface area contributed by atoms with Crippen LogP contribution in [0.1, 0.15) is 13.3 Å². The molecule has 0 aliphatic heterocycles. The molecule has 2 aromatic carbocycles. The molecule has 0 aliphatic rings. The SMILES string of the molecule is COc1cccc(N([C@H](C)C(=O)NCCCN(C)c2ccccc2)S(C)(=O)=O)c1. The molecule has 0 unspecified atom stereocenters. The van der Waals surface area contributed by atoms with Crippen molar-refractivity contribution in [3.8, 4) is 5.75 Å². The molecular weight excluding hydrogens is 390 g/mol. The van der Waals surface area contributed by atoms with Crippen LogP contribution in [-0.2, 0) is 14.8 Å². The minimum absolute atomic E-state index is 0.347. The molecule has 2 rings (SSSR count). The summed E-state index contributed by atoms with van der Waals surface area (Å²) in [5.41, 5.74) is 1.49. The summed E-state index contributed by atoms with van der Waals surface area (Å²) in [5, 5.41) is 2.84. The van der Waals surface area contributed by atoms with Gasteiger partial charge in [-0.2, -0.15) is 0 Å². The molecule has 8 heteroatoms. The summed E-state index contributed by atoms with van der Waals surface area (Å²) in [6.45, 7) is 2.80. The number of rotatable bonds is 10. The minimum Gasteiger partial charge on any atom is -0.497 e. The summed E-state index contributed by atoms with van der Waals surface area (Å²) in [6, 6.07) is 15.7. The molecule has 7 nitrogen and oxygen atoms in total. The molecule has 0 aliphatic carbocycles. The highest BCUT2D eigenvalue weighted by Gasteiger charge is 2.29. The standard InChI is InChI=1S/C21H29N3O4S/c1-17(24(29(4,26)27)19-12-8-13-20(16-19)28-3)21(25)22-14-9-15-23(2)18-10-6-5-7-11-18/h5-8,10-13,16-17H,9,14-15H2,1-4H3,(H,22,25)/t17-/m1/s1. The van der Waals surface area contributed by atoms with Gasteiger partial charge in [-0.25, -0.2) is 8.42 Å². The summed E-state index contributed by atoms with van der Waals surface area (Å²) in [6.07, 6.45) is 1.83. The van der Waals surface area contributed by atoms with E-state index in [9.17, 15) is 13.2 Å². The normalized spacial score (nSPS) is 12.1. The fraction of sp³-hybridized carbons (Fsp3) is 0.381. The summed E-state index contributed by atoms with van der Waals surface area (Å²) in [5.74, 6) is 0.174. The Morgan fingerprint density at radius 3 is 2.38 bits per heavy atom. The summed E-state index contributed by atoms with van der Waals surface area (Å²) < 4.78 is 31.0. The Bertz CT molecular complexity index is 903. The fourth-order valence-electron chi connectivity index (χ4n) is 3.04. The largest absolute Gasteiger partial charge is 0.497 e. The van der Waals surface area contributed by atoms with E-state index in [1.807, 2.05) is 37.4 Å². The first-order valence-electron chi connectivity index (χ1n) is 9.41. The van der Waals surface area contributed by atoms with Crippen molar-refractivity contribution < 1.29 is 17.9 Å². The van der Waals surface area contributed by atoms with Crippen molar-refractivity contribution in [1.29, 1.82) is 0 Å². The third-order valence-electron chi connectivity index (χ3n) is 4.56. The minimum atomic E-state index is -3.66. The molecule has 29 heavy (non-hydrogen) atoms. The molecule has 1 atom stereocenters. The Kier molecular flexibility index (Phi) is 7.90. The molecule has 0 spiro atoms. The van der Waals surface area contributed by atoms with Crippen molar-refractivity contribution in [2.45, 2.75) is 19.4 Å². The number of amides is 1. The number of nitrogens with one attached hydrogen (secondary N) is 1. The van der Waals surface area contributed by atoms with E-state index in [0.717, 1.165) is 29.2 Å². The lowest BCUT2D eigenvalue weighted by Gasteiger charge is -2.28. The zero-order chi connectivity index (χ0) is 21.4. The highest BCUT2D eigenvalue weighted by atomic mass is 32.2. The van der Waals surface area contributed by atoms with Gasteiger partial charge in [-0.3, -0.25) is 9.10 Å². The molecule has 0 aromatic heterocycles. The van der Waals surface area contributed by atoms with E-state index < -0.39 is 16.1 Å². The van der Waals surface area contributed by atoms with Gasteiger partial charge in [0.15, 0.2) is 0 Å². The number of hydrogen-bond donors (Lipinski definition) is 1. The van der Waals surface area contributed by atoms with E-state index >= 15 is 0 Å². The Hall–Kier alpha value is -2.74. The number of carbonyl (C=O) groups excluding carboxylic acids is 1. The second kappa shape index (κ2) is 10.2. The van der Waals surface area contributed by atoms with Crippen LogP contribution < -0.4 is 19.3 Å². The molecule has 0 heterocycles. The van der Waals surface area contributed by atoms with Gasteiger partial charge in [0.25, 0.3) is 0 Å². The van der Waals surface area contributed by atoms with Crippen molar-refractivity contribution in [3.63, 3.8) is 0 Å². The van der Waals surface area contributed by atoms with E-state index in [1.54, 1.807) is 31.2 Å². The highest BCUT2D eigenvalue weighted by Crippen LogP contribution is 2.25. The van der Waals surface area contributed by atoms with Gasteiger partial charge in [-0.15, -0.1) is 0 Å². The number of para-hydroxylation sites is 1. The average molecular weight is 420 g/mol. The van der Waals surface area contributed by atoms with Crippen LogP contribution in [-0.4, -0.2) is 53.9 Å². The average Bonchev–Trinajstić information content (AvgIpc) is 2.70. The number of carbonyl (C=O) groups is 1. The molecule has 0 radical (unpaired) electrons. The van der Waals surface area contributed by atoms with Crippen LogP contribution in [0.5, 0.6) is 5.75 Å². The second-order valence-corrected chi connectivity index (χ2v) is 8.70. The molecule has 158 valence electrons. The topological polar surface area (TPSA) is 79.0 Å². The van der Waals surface area contributed by atoms with Gasteiger partial charge >= 0.3 is 0 Å². The maximum absolute atomic E-state index is 12.6. The smallest absolute Gasteiger partial charge is 0.243 e. The van der Waals surface area contributed by atoms with E-state index in [4.69, 9.17) is 4.74 Å². The zero-order valence-electron chi connectivity index (χ0n) is 17.3. The molecule has 0 saturated carbocycles. The quantitative estimate of drug-likeness (QED) is 0.599. The van der Waals surface area contributed by atoms with Gasteiger partial charge in [-0.1, -0.05) is 24.3 Å². The van der Waals surface area contributed by atoms with Gasteiger partial charge < -0.3 is 15.0 Å². The van der Waals surface area contributed by atoms with Crippen LogP contribution in [0.15, 0.2) is 54.6 Å². The number of methoxy groups -OCH3 is 1. The van der Waals surface area contributed by atoms with Crippen LogP contribution in [0, 0.1) is 0 Å². The van der Waals surface area contributed by atoms with Crippen molar-refractivity contribution in [3.05, 3.63) is 54.6 Å². The Morgan fingerprint density at radius 2 is 1.76 bits per heavy atom. The van der Waals surface area contributed by atoms with Gasteiger partial charge in [0, 0.05) is 31.9 Å². The van der Waals surface area contributed by atoms with Crippen LogP contribution >= 0.6 is 0 Å². The van der Waals surface area contributed by atoms with E-state index in [1.165, 1.54) is 7.11 Å². The van der Waals surface area contributed by atoms with Crippen molar-refractivity contribution >= 4 is 27.3 Å². The molecular formula is C21H29N3O4S. The van der Waals surface area contributed by atoms with E-state index in [2.05, 4.69) is 10.2 Å². The van der Waals surface area contributed by atoms with Crippen LogP contribution in [0.3, 0.4) is 0 Å². The molecule has 2 aromatic rings. The predicted octanol–water partition coefficient (Wildman–Crippen LogP) is 2.49.